The van der Waals surface area contributed by atoms with Crippen LogP contribution in [-0.4, -0.2) is 29.6 Å². The summed E-state index contributed by atoms with van der Waals surface area (Å²) in [6.45, 7) is 1.07. The van der Waals surface area contributed by atoms with E-state index in [4.69, 9.17) is 11.6 Å². The fourth-order valence-electron chi connectivity index (χ4n) is 1.63. The topological polar surface area (TPSA) is 113 Å². The smallest absolute Gasteiger partial charge is 0.308 e. The van der Waals surface area contributed by atoms with Crippen LogP contribution in [0.5, 0.6) is 0 Å². The van der Waals surface area contributed by atoms with Gasteiger partial charge in [-0.05, 0) is 12.1 Å². The highest BCUT2D eigenvalue weighted by molar-refractivity contribution is 6.31. The Morgan fingerprint density at radius 2 is 2.00 bits per heavy atom. The molecule has 0 heterocycles. The second-order valence-electron chi connectivity index (χ2n) is 4.25. The normalized spacial score (nSPS) is 10.8. The highest BCUT2D eigenvalue weighted by atomic mass is 35.5. The lowest BCUT2D eigenvalue weighted by atomic mass is 10.0. The van der Waals surface area contributed by atoms with Crippen molar-refractivity contribution in [3.63, 3.8) is 0 Å². The minimum Gasteiger partial charge on any atom is -0.500 e. The number of benzene rings is 1. The van der Waals surface area contributed by atoms with Crippen LogP contribution >= 0.6 is 11.6 Å². The predicted octanol–water partition coefficient (Wildman–Crippen LogP) is 2.44. The van der Waals surface area contributed by atoms with Crippen LogP contribution in [0.2, 0.25) is 5.02 Å². The molecule has 0 aromatic heterocycles. The van der Waals surface area contributed by atoms with E-state index in [1.807, 2.05) is 0 Å². The van der Waals surface area contributed by atoms with Gasteiger partial charge in [-0.25, -0.2) is 0 Å². The molecule has 0 fully saturated rings. The third kappa shape index (κ3) is 5.19. The van der Waals surface area contributed by atoms with Crippen molar-refractivity contribution in [2.24, 2.45) is 0 Å². The first-order chi connectivity index (χ1) is 10.8. The van der Waals surface area contributed by atoms with Crippen LogP contribution in [0.15, 0.2) is 30.2 Å². The molecule has 0 bridgehead atoms. The van der Waals surface area contributed by atoms with Gasteiger partial charge >= 0.3 is 5.97 Å². The lowest BCUT2D eigenvalue weighted by Crippen LogP contribution is -2.15. The van der Waals surface area contributed by atoms with E-state index in [0.717, 1.165) is 25.3 Å². The lowest BCUT2D eigenvalue weighted by molar-refractivity contribution is -0.385. The molecule has 0 N–H and O–H groups in total. The molecular formula is C14H12ClNO7. The van der Waals surface area contributed by atoms with Gasteiger partial charge in [0.25, 0.3) is 5.69 Å². The molecule has 0 amide bonds. The molecule has 0 radical (unpaired) electrons. The van der Waals surface area contributed by atoms with Crippen LogP contribution in [0.1, 0.15) is 23.7 Å². The third-order valence-corrected chi connectivity index (χ3v) is 2.77. The molecule has 1 aromatic rings. The number of nitrogens with zero attached hydrogens (tertiary/aromatic N) is 1. The van der Waals surface area contributed by atoms with Crippen molar-refractivity contribution >= 4 is 34.8 Å². The minimum absolute atomic E-state index is 0.110. The Morgan fingerprint density at radius 3 is 2.52 bits per heavy atom. The predicted molar refractivity (Wildman–Crippen MR) is 78.9 cm³/mol. The van der Waals surface area contributed by atoms with Crippen LogP contribution in [0.4, 0.5) is 5.69 Å². The first-order valence-corrected chi connectivity index (χ1v) is 6.55. The van der Waals surface area contributed by atoms with Crippen molar-refractivity contribution in [1.29, 1.82) is 0 Å². The van der Waals surface area contributed by atoms with Crippen LogP contribution in [-0.2, 0) is 19.1 Å². The van der Waals surface area contributed by atoms with Gasteiger partial charge in [-0.2, -0.15) is 0 Å². The molecule has 0 spiro atoms. The van der Waals surface area contributed by atoms with Crippen LogP contribution < -0.4 is 0 Å². The fraction of sp³-hybridized carbons (Fsp3) is 0.214. The van der Waals surface area contributed by atoms with Gasteiger partial charge in [0.15, 0.2) is 5.78 Å². The highest BCUT2D eigenvalue weighted by Crippen LogP contribution is 2.24. The number of carbonyl (C=O) groups is 3. The second kappa shape index (κ2) is 8.04. The van der Waals surface area contributed by atoms with Crippen LogP contribution in [0.25, 0.3) is 0 Å². The number of Topliss-reactive ketones (excluding diaryl/α,β-unsaturated/α-hetero) is 2. The zero-order valence-electron chi connectivity index (χ0n) is 12.2. The molecular weight excluding hydrogens is 330 g/mol. The Bertz CT molecular complexity index is 696. The number of carbonyl (C=O) groups excluding carboxylic acids is 3. The number of nitro benzene ring substituents is 1. The largest absolute Gasteiger partial charge is 0.500 e. The summed E-state index contributed by atoms with van der Waals surface area (Å²) < 4.78 is 9.22. The molecule has 0 aliphatic heterocycles. The molecule has 122 valence electrons. The SMILES string of the molecule is CO/C=C(\OC(C)=O)C(=O)CC(=O)c1cc(Cl)ccc1[N+](=O)[O-]. The number of allylic oxidation sites excluding steroid dienone is 1. The Hall–Kier alpha value is -2.74. The number of methoxy groups -OCH3 is 1. The van der Waals surface area contributed by atoms with E-state index in [2.05, 4.69) is 9.47 Å². The molecule has 1 aromatic carbocycles. The van der Waals surface area contributed by atoms with E-state index in [0.29, 0.717) is 0 Å². The first kappa shape index (κ1) is 18.3. The molecule has 9 heteroatoms. The summed E-state index contributed by atoms with van der Waals surface area (Å²) in [7, 11) is 1.22. The Labute approximate surface area is 135 Å². The number of rotatable bonds is 7. The van der Waals surface area contributed by atoms with E-state index in [-0.39, 0.29) is 10.6 Å². The molecule has 0 saturated heterocycles. The number of hydrogen-bond acceptors (Lipinski definition) is 7. The Kier molecular flexibility index (Phi) is 6.40. The first-order valence-electron chi connectivity index (χ1n) is 6.18. The molecule has 0 aliphatic carbocycles. The number of halogens is 1. The van der Waals surface area contributed by atoms with E-state index < -0.39 is 40.3 Å². The second-order valence-corrected chi connectivity index (χ2v) is 4.69. The number of ketones is 2. The summed E-state index contributed by atoms with van der Waals surface area (Å²) in [6.07, 6.45) is 0.118. The van der Waals surface area contributed by atoms with E-state index in [1.165, 1.54) is 13.2 Å². The minimum atomic E-state index is -0.860. The Morgan fingerprint density at radius 1 is 1.35 bits per heavy atom. The van der Waals surface area contributed by atoms with Crippen LogP contribution in [0, 0.1) is 10.1 Å². The van der Waals surface area contributed by atoms with E-state index >= 15 is 0 Å². The third-order valence-electron chi connectivity index (χ3n) is 2.53. The average Bonchev–Trinajstić information content (AvgIpc) is 2.45. The van der Waals surface area contributed by atoms with Gasteiger partial charge in [-0.15, -0.1) is 0 Å². The summed E-state index contributed by atoms with van der Waals surface area (Å²) in [5.74, 6) is -2.94. The molecule has 0 unspecified atom stereocenters. The maximum absolute atomic E-state index is 12.1. The number of nitro groups is 1. The summed E-state index contributed by atoms with van der Waals surface area (Å²) in [5, 5.41) is 11.0. The standard InChI is InChI=1S/C14H12ClNO7/c1-8(17)23-14(7-22-2)13(19)6-12(18)10-5-9(15)3-4-11(10)16(20)21/h3-5,7H,6H2,1-2H3/b14-7-. The van der Waals surface area contributed by atoms with Crippen molar-refractivity contribution in [2.45, 2.75) is 13.3 Å². The number of hydrogen-bond donors (Lipinski definition) is 0. The molecule has 0 saturated carbocycles. The molecule has 0 atom stereocenters. The lowest BCUT2D eigenvalue weighted by Gasteiger charge is -2.06. The summed E-state index contributed by atoms with van der Waals surface area (Å²) >= 11 is 5.72. The summed E-state index contributed by atoms with van der Waals surface area (Å²) in [5.41, 5.74) is -0.785. The van der Waals surface area contributed by atoms with Crippen molar-refractivity contribution < 1.29 is 28.8 Å². The zero-order valence-corrected chi connectivity index (χ0v) is 13.0. The summed E-state index contributed by atoms with van der Waals surface area (Å²) in [4.78, 5) is 45.2. The average molecular weight is 342 g/mol. The number of ether oxygens (including phenoxy) is 2. The van der Waals surface area contributed by atoms with Crippen molar-refractivity contribution in [2.75, 3.05) is 7.11 Å². The van der Waals surface area contributed by atoms with E-state index in [1.54, 1.807) is 0 Å². The van der Waals surface area contributed by atoms with Gasteiger partial charge in [0.1, 0.15) is 6.26 Å². The molecule has 23 heavy (non-hydrogen) atoms. The van der Waals surface area contributed by atoms with Crippen LogP contribution in [0.3, 0.4) is 0 Å². The molecule has 1 rings (SSSR count). The highest BCUT2D eigenvalue weighted by Gasteiger charge is 2.25. The maximum atomic E-state index is 12.1. The van der Waals surface area contributed by atoms with Gasteiger partial charge in [-0.1, -0.05) is 11.6 Å². The van der Waals surface area contributed by atoms with Gasteiger partial charge in [-0.3, -0.25) is 24.5 Å². The molecule has 8 nitrogen and oxygen atoms in total. The van der Waals surface area contributed by atoms with Gasteiger partial charge in [0.05, 0.1) is 24.0 Å². The summed E-state index contributed by atoms with van der Waals surface area (Å²) in [6, 6.07) is 3.42. The van der Waals surface area contributed by atoms with E-state index in [9.17, 15) is 24.5 Å². The van der Waals surface area contributed by atoms with Crippen molar-refractivity contribution in [1.82, 2.24) is 0 Å². The van der Waals surface area contributed by atoms with Gasteiger partial charge in [0, 0.05) is 18.0 Å². The maximum Gasteiger partial charge on any atom is 0.308 e. The monoisotopic (exact) mass is 341 g/mol. The van der Waals surface area contributed by atoms with Crippen molar-refractivity contribution in [3.8, 4) is 0 Å². The van der Waals surface area contributed by atoms with Crippen molar-refractivity contribution in [3.05, 3.63) is 50.9 Å². The molecule has 0 aliphatic rings. The zero-order chi connectivity index (χ0) is 17.6. The number of esters is 1. The Balaban J connectivity index is 3.05. The van der Waals surface area contributed by atoms with Gasteiger partial charge < -0.3 is 9.47 Å². The fourth-order valence-corrected chi connectivity index (χ4v) is 1.80. The van der Waals surface area contributed by atoms with Gasteiger partial charge in [0.2, 0.25) is 11.5 Å². The quantitative estimate of drug-likeness (QED) is 0.142.